The van der Waals surface area contributed by atoms with Crippen molar-refractivity contribution in [1.29, 1.82) is 0 Å². The zero-order valence-corrected chi connectivity index (χ0v) is 23.1. The maximum atomic E-state index is 13.7. The van der Waals surface area contributed by atoms with Crippen LogP contribution in [0, 0.1) is 12.9 Å². The summed E-state index contributed by atoms with van der Waals surface area (Å²) in [5.74, 6) is -0.900. The van der Waals surface area contributed by atoms with E-state index in [-0.39, 0.29) is 19.1 Å². The summed E-state index contributed by atoms with van der Waals surface area (Å²) in [5.41, 5.74) is 4.18. The zero-order chi connectivity index (χ0) is 28.1. The predicted octanol–water partition coefficient (Wildman–Crippen LogP) is 5.68. The Bertz CT molecular complexity index is 1610. The summed E-state index contributed by atoms with van der Waals surface area (Å²) >= 11 is 12.1. The molecule has 2 aromatic carbocycles. The second-order valence-corrected chi connectivity index (χ2v) is 9.58. The van der Waals surface area contributed by atoms with E-state index in [1.54, 1.807) is 78.8 Å². The first kappa shape index (κ1) is 28.1. The zero-order valence-electron chi connectivity index (χ0n) is 21.5. The van der Waals surface area contributed by atoms with Crippen LogP contribution in [0.5, 0.6) is 0 Å². The summed E-state index contributed by atoms with van der Waals surface area (Å²) in [4.78, 5) is 33.3. The van der Waals surface area contributed by atoms with Gasteiger partial charge in [0.25, 0.3) is 5.91 Å². The maximum absolute atomic E-state index is 13.7. The summed E-state index contributed by atoms with van der Waals surface area (Å²) in [6, 6.07) is 13.4. The molecule has 0 fully saturated rings. The molecule has 2 amide bonds. The largest absolute Gasteiger partial charge is 0.448 e. The molecule has 0 saturated carbocycles. The molecule has 4 rings (SSSR count). The van der Waals surface area contributed by atoms with Crippen molar-refractivity contribution in [2.45, 2.75) is 26.9 Å². The highest BCUT2D eigenvalue weighted by Gasteiger charge is 2.14. The molecule has 202 valence electrons. The number of nitrogens with zero attached hydrogens (tertiary/aromatic N) is 4. The molecule has 0 spiro atoms. The standard InChI is InChI=1S/C28H26Cl2FN5O3/c1-4-39-28(38)34-27-35(3)9-10-36(27)16-19-11-20(22-6-8-25(31)33-17(22)2)14-21(12-19)26(37)32-15-18-5-7-23(29)24(30)13-18/h5-14H,4,15-16H2,1-3H3,(H,32,37). The van der Waals surface area contributed by atoms with Gasteiger partial charge < -0.3 is 19.2 Å². The predicted molar refractivity (Wildman–Crippen MR) is 147 cm³/mol. The number of carbonyl (C=O) groups is 2. The number of carbonyl (C=O) groups excluding carboxylic acids is 2. The van der Waals surface area contributed by atoms with Crippen LogP contribution in [0.25, 0.3) is 11.1 Å². The fraction of sp³-hybridized carbons (Fsp3) is 0.214. The number of aromatic nitrogens is 3. The van der Waals surface area contributed by atoms with Gasteiger partial charge in [-0.05, 0) is 73.0 Å². The molecule has 1 N–H and O–H groups in total. The van der Waals surface area contributed by atoms with Gasteiger partial charge in [-0.15, -0.1) is 4.99 Å². The van der Waals surface area contributed by atoms with Crippen molar-refractivity contribution in [3.63, 3.8) is 0 Å². The lowest BCUT2D eigenvalue weighted by molar-refractivity contribution is 0.0950. The van der Waals surface area contributed by atoms with Gasteiger partial charge in [0.15, 0.2) is 0 Å². The van der Waals surface area contributed by atoms with Crippen molar-refractivity contribution in [1.82, 2.24) is 19.4 Å². The Morgan fingerprint density at radius 3 is 2.56 bits per heavy atom. The van der Waals surface area contributed by atoms with Crippen molar-refractivity contribution >= 4 is 35.2 Å². The van der Waals surface area contributed by atoms with Gasteiger partial charge in [0.1, 0.15) is 0 Å². The highest BCUT2D eigenvalue weighted by molar-refractivity contribution is 6.42. The molecule has 2 aromatic heterocycles. The maximum Gasteiger partial charge on any atom is 0.436 e. The van der Waals surface area contributed by atoms with Crippen molar-refractivity contribution < 1.29 is 18.7 Å². The molecule has 0 unspecified atom stereocenters. The fourth-order valence-electron chi connectivity index (χ4n) is 4.06. The first-order valence-corrected chi connectivity index (χ1v) is 12.8. The number of rotatable bonds is 7. The van der Waals surface area contributed by atoms with Crippen LogP contribution in [0.15, 0.2) is 65.9 Å². The molecule has 0 aliphatic carbocycles. The van der Waals surface area contributed by atoms with Gasteiger partial charge in [-0.25, -0.2) is 9.78 Å². The number of hydrogen-bond acceptors (Lipinski definition) is 4. The lowest BCUT2D eigenvalue weighted by atomic mass is 9.98. The first-order chi connectivity index (χ1) is 18.6. The molecular formula is C28H26Cl2FN5O3. The number of nitrogens with one attached hydrogen (secondary N) is 1. The van der Waals surface area contributed by atoms with Gasteiger partial charge in [0.2, 0.25) is 11.6 Å². The number of halogens is 3. The van der Waals surface area contributed by atoms with Crippen LogP contribution in [0.4, 0.5) is 9.18 Å². The monoisotopic (exact) mass is 569 g/mol. The summed E-state index contributed by atoms with van der Waals surface area (Å²) in [5, 5.41) is 3.73. The van der Waals surface area contributed by atoms with Crippen LogP contribution < -0.4 is 10.9 Å². The molecule has 0 aliphatic heterocycles. The Morgan fingerprint density at radius 2 is 1.85 bits per heavy atom. The minimum Gasteiger partial charge on any atom is -0.448 e. The molecular weight excluding hydrogens is 544 g/mol. The highest BCUT2D eigenvalue weighted by atomic mass is 35.5. The molecule has 39 heavy (non-hydrogen) atoms. The Hall–Kier alpha value is -3.95. The number of ether oxygens (including phenoxy) is 1. The normalized spacial score (nSPS) is 11.5. The molecule has 0 aliphatic rings. The molecule has 0 atom stereocenters. The molecule has 0 bridgehead atoms. The number of amides is 2. The van der Waals surface area contributed by atoms with E-state index in [9.17, 15) is 14.0 Å². The molecule has 8 nitrogen and oxygen atoms in total. The van der Waals surface area contributed by atoms with Crippen molar-refractivity contribution in [3.05, 3.63) is 105 Å². The molecule has 11 heteroatoms. The van der Waals surface area contributed by atoms with E-state index in [2.05, 4.69) is 15.3 Å². The molecule has 0 saturated heterocycles. The van der Waals surface area contributed by atoms with Crippen LogP contribution in [0.2, 0.25) is 10.0 Å². The van der Waals surface area contributed by atoms with Crippen LogP contribution in [-0.2, 0) is 24.9 Å². The van der Waals surface area contributed by atoms with Gasteiger partial charge in [0, 0.05) is 42.8 Å². The van der Waals surface area contributed by atoms with E-state index in [0.29, 0.717) is 44.6 Å². The van der Waals surface area contributed by atoms with Crippen molar-refractivity contribution in [2.24, 2.45) is 12.0 Å². The van der Waals surface area contributed by atoms with Crippen LogP contribution in [0.1, 0.15) is 34.1 Å². The van der Waals surface area contributed by atoms with E-state index >= 15 is 0 Å². The Labute approximate surface area is 234 Å². The van der Waals surface area contributed by atoms with E-state index < -0.39 is 12.0 Å². The van der Waals surface area contributed by atoms with Crippen molar-refractivity contribution in [2.75, 3.05) is 6.61 Å². The lowest BCUT2D eigenvalue weighted by Gasteiger charge is -2.13. The number of imidazole rings is 1. The SMILES string of the molecule is CCOC(=O)N=c1n(C)ccn1Cc1cc(C(=O)NCc2ccc(Cl)c(Cl)c2)cc(-c2ccc(F)nc2C)c1. The third-order valence-electron chi connectivity index (χ3n) is 5.91. The molecule has 0 radical (unpaired) electrons. The van der Waals surface area contributed by atoms with E-state index in [0.717, 1.165) is 11.1 Å². The third-order valence-corrected chi connectivity index (χ3v) is 6.65. The Morgan fingerprint density at radius 1 is 1.05 bits per heavy atom. The second-order valence-electron chi connectivity index (χ2n) is 8.76. The quantitative estimate of drug-likeness (QED) is 0.290. The number of hydrogen-bond donors (Lipinski definition) is 1. The van der Waals surface area contributed by atoms with Gasteiger partial charge in [0.05, 0.1) is 23.2 Å². The van der Waals surface area contributed by atoms with Gasteiger partial charge >= 0.3 is 6.09 Å². The van der Waals surface area contributed by atoms with Gasteiger partial charge in [-0.3, -0.25) is 4.79 Å². The first-order valence-electron chi connectivity index (χ1n) is 12.1. The van der Waals surface area contributed by atoms with Crippen molar-refractivity contribution in [3.8, 4) is 11.1 Å². The molecule has 4 aromatic rings. The van der Waals surface area contributed by atoms with E-state index in [4.69, 9.17) is 27.9 Å². The highest BCUT2D eigenvalue weighted by Crippen LogP contribution is 2.26. The number of benzene rings is 2. The summed E-state index contributed by atoms with van der Waals surface area (Å²) in [6.45, 7) is 4.16. The fourth-order valence-corrected chi connectivity index (χ4v) is 4.38. The van der Waals surface area contributed by atoms with Crippen LogP contribution >= 0.6 is 23.2 Å². The van der Waals surface area contributed by atoms with Gasteiger partial charge in [-0.2, -0.15) is 4.39 Å². The average Bonchev–Trinajstić information content (AvgIpc) is 3.22. The van der Waals surface area contributed by atoms with E-state index in [1.807, 2.05) is 6.07 Å². The summed E-state index contributed by atoms with van der Waals surface area (Å²) in [7, 11) is 1.76. The number of pyridine rings is 1. The van der Waals surface area contributed by atoms with Crippen LogP contribution in [0.3, 0.4) is 0 Å². The number of aryl methyl sites for hydroxylation is 2. The topological polar surface area (TPSA) is 90.5 Å². The summed E-state index contributed by atoms with van der Waals surface area (Å²) in [6.07, 6.45) is 2.84. The summed E-state index contributed by atoms with van der Waals surface area (Å²) < 4.78 is 22.1. The van der Waals surface area contributed by atoms with E-state index in [1.165, 1.54) is 6.07 Å². The minimum atomic E-state index is -0.697. The smallest absolute Gasteiger partial charge is 0.436 e. The minimum absolute atomic E-state index is 0.209. The van der Waals surface area contributed by atoms with Gasteiger partial charge in [-0.1, -0.05) is 29.3 Å². The second kappa shape index (κ2) is 12.3. The Balaban J connectivity index is 1.71. The Kier molecular flexibility index (Phi) is 8.83. The lowest BCUT2D eigenvalue weighted by Crippen LogP contribution is -2.27. The third kappa shape index (κ3) is 6.93. The average molecular weight is 570 g/mol. The van der Waals surface area contributed by atoms with Crippen LogP contribution in [-0.4, -0.2) is 32.7 Å². The molecule has 2 heterocycles.